The maximum Gasteiger partial charge on any atom is 0.252 e. The number of nitrogens with two attached hydrogens (primary N) is 1. The van der Waals surface area contributed by atoms with Crippen molar-refractivity contribution in [2.24, 2.45) is 10.9 Å². The van der Waals surface area contributed by atoms with Gasteiger partial charge in [-0.15, -0.1) is 0 Å². The number of rotatable bonds is 5. The van der Waals surface area contributed by atoms with Crippen LogP contribution in [0.15, 0.2) is 29.4 Å². The number of anilines is 1. The predicted octanol–water partition coefficient (Wildman–Crippen LogP) is 0.780. The Bertz CT molecular complexity index is 446. The maximum atomic E-state index is 11.7. The summed E-state index contributed by atoms with van der Waals surface area (Å²) >= 11 is 0. The van der Waals surface area contributed by atoms with E-state index in [9.17, 15) is 4.79 Å². The van der Waals surface area contributed by atoms with Crippen LogP contribution in [0.2, 0.25) is 0 Å². The van der Waals surface area contributed by atoms with Gasteiger partial charge in [0.2, 0.25) is 0 Å². The highest BCUT2D eigenvalue weighted by atomic mass is 16.5. The number of hydrogen-bond donors (Lipinski definition) is 2. The van der Waals surface area contributed by atoms with Gasteiger partial charge in [0.1, 0.15) is 6.61 Å². The van der Waals surface area contributed by atoms with Crippen LogP contribution < -0.4 is 10.6 Å². The number of nitrogens with zero attached hydrogens (tertiary/aromatic N) is 2. The molecule has 98 valence electrons. The van der Waals surface area contributed by atoms with Crippen LogP contribution in [0, 0.1) is 0 Å². The number of amidine groups is 1. The van der Waals surface area contributed by atoms with Crippen molar-refractivity contribution in [3.05, 3.63) is 29.8 Å². The fraction of sp³-hybridized carbons (Fsp3) is 0.333. The first-order chi connectivity index (χ1) is 8.60. The molecule has 1 rings (SSSR count). The Morgan fingerprint density at radius 1 is 1.56 bits per heavy atom. The van der Waals surface area contributed by atoms with E-state index >= 15 is 0 Å². The molecule has 0 unspecified atom stereocenters. The van der Waals surface area contributed by atoms with E-state index < -0.39 is 0 Å². The van der Waals surface area contributed by atoms with Gasteiger partial charge in [-0.25, -0.2) is 0 Å². The number of ether oxygens (including phenoxy) is 1. The fourth-order valence-electron chi connectivity index (χ4n) is 1.36. The summed E-state index contributed by atoms with van der Waals surface area (Å²) in [5.41, 5.74) is 6.70. The quantitative estimate of drug-likeness (QED) is 0.350. The number of carbonyl (C=O) groups is 1. The standard InChI is InChI=1S/C12H17N3O3/c1-3-18-8-11(16)15(2)10-6-4-5-9(7-10)12(13)14-17/h4-7,17H,3,8H2,1-2H3,(H2,13,14). The summed E-state index contributed by atoms with van der Waals surface area (Å²) < 4.78 is 5.06. The summed E-state index contributed by atoms with van der Waals surface area (Å²) in [6.45, 7) is 2.34. The fourth-order valence-corrected chi connectivity index (χ4v) is 1.36. The molecule has 0 saturated carbocycles. The molecular formula is C12H17N3O3. The number of hydrogen-bond acceptors (Lipinski definition) is 4. The zero-order valence-corrected chi connectivity index (χ0v) is 10.5. The summed E-state index contributed by atoms with van der Waals surface area (Å²) in [7, 11) is 1.65. The van der Waals surface area contributed by atoms with E-state index in [1.807, 2.05) is 6.92 Å². The minimum Gasteiger partial charge on any atom is -0.409 e. The number of oxime groups is 1. The van der Waals surface area contributed by atoms with Gasteiger partial charge in [0, 0.05) is 24.9 Å². The molecule has 0 aliphatic heterocycles. The summed E-state index contributed by atoms with van der Waals surface area (Å²) in [4.78, 5) is 13.2. The molecular weight excluding hydrogens is 234 g/mol. The number of likely N-dealkylation sites (N-methyl/N-ethyl adjacent to an activating group) is 1. The summed E-state index contributed by atoms with van der Waals surface area (Å²) in [5.74, 6) is -0.156. The van der Waals surface area contributed by atoms with Gasteiger partial charge in [0.05, 0.1) is 0 Å². The molecule has 6 heteroatoms. The maximum absolute atomic E-state index is 11.7. The van der Waals surface area contributed by atoms with Crippen LogP contribution in [-0.2, 0) is 9.53 Å². The summed E-state index contributed by atoms with van der Waals surface area (Å²) in [6.07, 6.45) is 0. The third-order valence-corrected chi connectivity index (χ3v) is 2.44. The minimum absolute atomic E-state index is 0.00232. The second kappa shape index (κ2) is 6.61. The zero-order valence-electron chi connectivity index (χ0n) is 10.5. The van der Waals surface area contributed by atoms with E-state index in [-0.39, 0.29) is 18.3 Å². The van der Waals surface area contributed by atoms with E-state index in [4.69, 9.17) is 15.7 Å². The molecule has 6 nitrogen and oxygen atoms in total. The van der Waals surface area contributed by atoms with Gasteiger partial charge < -0.3 is 20.6 Å². The number of amides is 1. The average Bonchev–Trinajstić information content (AvgIpc) is 2.43. The van der Waals surface area contributed by atoms with Gasteiger partial charge >= 0.3 is 0 Å². The zero-order chi connectivity index (χ0) is 13.5. The molecule has 1 aromatic rings. The van der Waals surface area contributed by atoms with Crippen LogP contribution in [0.5, 0.6) is 0 Å². The Morgan fingerprint density at radius 3 is 2.89 bits per heavy atom. The molecule has 0 aliphatic rings. The first-order valence-electron chi connectivity index (χ1n) is 5.52. The van der Waals surface area contributed by atoms with Gasteiger partial charge in [-0.2, -0.15) is 0 Å². The highest BCUT2D eigenvalue weighted by Gasteiger charge is 2.11. The predicted molar refractivity (Wildman–Crippen MR) is 68.9 cm³/mol. The molecule has 0 spiro atoms. The minimum atomic E-state index is -0.159. The van der Waals surface area contributed by atoms with Crippen molar-refractivity contribution >= 4 is 17.4 Å². The van der Waals surface area contributed by atoms with Gasteiger partial charge in [0.15, 0.2) is 5.84 Å². The van der Waals surface area contributed by atoms with Gasteiger partial charge in [-0.05, 0) is 19.1 Å². The lowest BCUT2D eigenvalue weighted by Crippen LogP contribution is -2.30. The van der Waals surface area contributed by atoms with Gasteiger partial charge in [-0.3, -0.25) is 4.79 Å². The summed E-state index contributed by atoms with van der Waals surface area (Å²) in [6, 6.07) is 6.85. The third kappa shape index (κ3) is 3.46. The SMILES string of the molecule is CCOCC(=O)N(C)c1cccc(/C(N)=N/O)c1. The first kappa shape index (κ1) is 14.0. The Labute approximate surface area is 106 Å². The van der Waals surface area contributed by atoms with Crippen molar-refractivity contribution in [2.75, 3.05) is 25.2 Å². The Morgan fingerprint density at radius 2 is 2.28 bits per heavy atom. The van der Waals surface area contributed by atoms with E-state index in [1.54, 1.807) is 31.3 Å². The van der Waals surface area contributed by atoms with E-state index in [0.29, 0.717) is 17.9 Å². The lowest BCUT2D eigenvalue weighted by atomic mass is 10.2. The van der Waals surface area contributed by atoms with Crippen LogP contribution in [0.4, 0.5) is 5.69 Å². The highest BCUT2D eigenvalue weighted by molar-refractivity contribution is 5.99. The van der Waals surface area contributed by atoms with Crippen molar-refractivity contribution in [1.29, 1.82) is 0 Å². The van der Waals surface area contributed by atoms with Gasteiger partial charge in [0.25, 0.3) is 5.91 Å². The molecule has 0 radical (unpaired) electrons. The van der Waals surface area contributed by atoms with Crippen LogP contribution in [0.3, 0.4) is 0 Å². The molecule has 3 N–H and O–H groups in total. The lowest BCUT2D eigenvalue weighted by molar-refractivity contribution is -0.122. The highest BCUT2D eigenvalue weighted by Crippen LogP contribution is 2.15. The van der Waals surface area contributed by atoms with Crippen molar-refractivity contribution in [1.82, 2.24) is 0 Å². The Balaban J connectivity index is 2.86. The molecule has 0 bridgehead atoms. The second-order valence-electron chi connectivity index (χ2n) is 3.63. The monoisotopic (exact) mass is 251 g/mol. The molecule has 0 saturated heterocycles. The molecule has 1 aromatic carbocycles. The molecule has 1 amide bonds. The van der Waals surface area contributed by atoms with E-state index in [0.717, 1.165) is 0 Å². The topological polar surface area (TPSA) is 88.2 Å². The molecule has 0 aromatic heterocycles. The second-order valence-corrected chi connectivity index (χ2v) is 3.63. The normalized spacial score (nSPS) is 11.3. The van der Waals surface area contributed by atoms with Gasteiger partial charge in [-0.1, -0.05) is 17.3 Å². The average molecular weight is 251 g/mol. The van der Waals surface area contributed by atoms with Crippen molar-refractivity contribution in [2.45, 2.75) is 6.92 Å². The van der Waals surface area contributed by atoms with Crippen LogP contribution >= 0.6 is 0 Å². The Hall–Kier alpha value is -2.08. The summed E-state index contributed by atoms with van der Waals surface area (Å²) in [5, 5.41) is 11.5. The molecule has 18 heavy (non-hydrogen) atoms. The smallest absolute Gasteiger partial charge is 0.252 e. The molecule has 0 heterocycles. The van der Waals surface area contributed by atoms with Crippen LogP contribution in [0.25, 0.3) is 0 Å². The Kier molecular flexibility index (Phi) is 5.13. The van der Waals surface area contributed by atoms with Crippen LogP contribution in [-0.4, -0.2) is 37.2 Å². The van der Waals surface area contributed by atoms with Crippen molar-refractivity contribution in [3.63, 3.8) is 0 Å². The van der Waals surface area contributed by atoms with E-state index in [2.05, 4.69) is 5.16 Å². The lowest BCUT2D eigenvalue weighted by Gasteiger charge is -2.17. The molecule has 0 atom stereocenters. The van der Waals surface area contributed by atoms with Crippen LogP contribution in [0.1, 0.15) is 12.5 Å². The number of carbonyl (C=O) groups excluding carboxylic acids is 1. The first-order valence-corrected chi connectivity index (χ1v) is 5.52. The molecule has 0 aliphatic carbocycles. The van der Waals surface area contributed by atoms with Crippen molar-refractivity contribution < 1.29 is 14.7 Å². The van der Waals surface area contributed by atoms with Crippen molar-refractivity contribution in [3.8, 4) is 0 Å². The van der Waals surface area contributed by atoms with E-state index in [1.165, 1.54) is 4.90 Å². The molecule has 0 fully saturated rings. The number of benzene rings is 1. The largest absolute Gasteiger partial charge is 0.409 e. The third-order valence-electron chi connectivity index (χ3n) is 2.44.